The highest BCUT2D eigenvalue weighted by Gasteiger charge is 2.14. The van der Waals surface area contributed by atoms with E-state index in [4.69, 9.17) is 4.74 Å². The van der Waals surface area contributed by atoms with E-state index in [-0.39, 0.29) is 0 Å². The maximum atomic E-state index is 5.22. The third kappa shape index (κ3) is 2.94. The van der Waals surface area contributed by atoms with Crippen LogP contribution in [0.3, 0.4) is 0 Å². The van der Waals surface area contributed by atoms with Gasteiger partial charge in [-0.25, -0.2) is 0 Å². The molecule has 0 radical (unpaired) electrons. The second-order valence-corrected chi connectivity index (χ2v) is 6.00. The molecule has 0 saturated heterocycles. The zero-order valence-electron chi connectivity index (χ0n) is 12.3. The molecule has 0 aliphatic rings. The predicted molar refractivity (Wildman–Crippen MR) is 90.3 cm³/mol. The molecular formula is C18H19NOS. The molecule has 0 spiro atoms. The maximum Gasteiger partial charge on any atom is 0.118 e. The van der Waals surface area contributed by atoms with E-state index in [0.717, 1.165) is 12.2 Å². The van der Waals surface area contributed by atoms with Crippen molar-refractivity contribution < 1.29 is 4.74 Å². The van der Waals surface area contributed by atoms with Crippen molar-refractivity contribution in [2.45, 2.75) is 12.5 Å². The fourth-order valence-electron chi connectivity index (χ4n) is 2.66. The van der Waals surface area contributed by atoms with Gasteiger partial charge >= 0.3 is 0 Å². The molecule has 21 heavy (non-hydrogen) atoms. The molecule has 108 valence electrons. The Morgan fingerprint density at radius 1 is 1.10 bits per heavy atom. The van der Waals surface area contributed by atoms with Crippen LogP contribution in [0.15, 0.2) is 53.9 Å². The molecule has 1 atom stereocenters. The van der Waals surface area contributed by atoms with Crippen LogP contribution in [0.4, 0.5) is 0 Å². The fraction of sp³-hybridized carbons (Fsp3) is 0.222. The van der Waals surface area contributed by atoms with E-state index in [1.54, 1.807) is 7.11 Å². The summed E-state index contributed by atoms with van der Waals surface area (Å²) in [6.07, 6.45) is 0.970. The molecule has 3 rings (SSSR count). The minimum atomic E-state index is 0.320. The van der Waals surface area contributed by atoms with Crippen LogP contribution >= 0.6 is 11.3 Å². The van der Waals surface area contributed by atoms with E-state index in [1.807, 2.05) is 30.5 Å². The van der Waals surface area contributed by atoms with Gasteiger partial charge in [-0.1, -0.05) is 30.3 Å². The first-order chi connectivity index (χ1) is 10.3. The molecule has 3 aromatic rings. The quantitative estimate of drug-likeness (QED) is 0.753. The Hall–Kier alpha value is -1.84. The molecule has 2 nitrogen and oxygen atoms in total. The van der Waals surface area contributed by atoms with E-state index in [9.17, 15) is 0 Å². The van der Waals surface area contributed by atoms with E-state index in [1.165, 1.54) is 21.2 Å². The van der Waals surface area contributed by atoms with Gasteiger partial charge in [-0.15, -0.1) is 11.3 Å². The molecule has 1 heterocycles. The zero-order chi connectivity index (χ0) is 14.7. The van der Waals surface area contributed by atoms with Crippen molar-refractivity contribution in [2.24, 2.45) is 0 Å². The number of rotatable bonds is 5. The Bertz CT molecular complexity index is 717. The highest BCUT2D eigenvalue weighted by Crippen LogP contribution is 2.30. The zero-order valence-corrected chi connectivity index (χ0v) is 13.1. The minimum Gasteiger partial charge on any atom is -0.497 e. The summed E-state index contributed by atoms with van der Waals surface area (Å²) in [5.41, 5.74) is 2.68. The van der Waals surface area contributed by atoms with Gasteiger partial charge in [-0.05, 0) is 53.6 Å². The molecule has 1 unspecified atom stereocenters. The van der Waals surface area contributed by atoms with Gasteiger partial charge in [0.1, 0.15) is 5.75 Å². The van der Waals surface area contributed by atoms with Gasteiger partial charge in [-0.2, -0.15) is 0 Å². The first-order valence-corrected chi connectivity index (χ1v) is 7.96. The van der Waals surface area contributed by atoms with Gasteiger partial charge in [0.15, 0.2) is 0 Å². The average molecular weight is 297 g/mol. The van der Waals surface area contributed by atoms with Crippen molar-refractivity contribution in [1.82, 2.24) is 5.32 Å². The van der Waals surface area contributed by atoms with Gasteiger partial charge in [0.25, 0.3) is 0 Å². The molecule has 0 aliphatic carbocycles. The smallest absolute Gasteiger partial charge is 0.118 e. The third-order valence-corrected chi connectivity index (χ3v) is 4.81. The molecule has 1 aromatic heterocycles. The van der Waals surface area contributed by atoms with Crippen molar-refractivity contribution in [1.29, 1.82) is 0 Å². The summed E-state index contributed by atoms with van der Waals surface area (Å²) in [5, 5.41) is 6.94. The average Bonchev–Trinajstić information content (AvgIpc) is 3.02. The molecule has 1 N–H and O–H groups in total. The predicted octanol–water partition coefficient (Wildman–Crippen LogP) is 4.41. The largest absolute Gasteiger partial charge is 0.497 e. The fourth-order valence-corrected chi connectivity index (χ4v) is 3.62. The number of benzene rings is 2. The number of methoxy groups -OCH3 is 1. The Kier molecular flexibility index (Phi) is 4.23. The van der Waals surface area contributed by atoms with Crippen LogP contribution in [0.5, 0.6) is 5.75 Å². The highest BCUT2D eigenvalue weighted by atomic mass is 32.1. The number of ether oxygens (including phenoxy) is 1. The Morgan fingerprint density at radius 3 is 2.62 bits per heavy atom. The van der Waals surface area contributed by atoms with Crippen LogP contribution in [-0.4, -0.2) is 14.2 Å². The molecule has 0 fully saturated rings. The SMILES string of the molecule is CNC(Cc1ccc(OC)cc1)c1cccc2ccsc12. The maximum absolute atomic E-state index is 5.22. The summed E-state index contributed by atoms with van der Waals surface area (Å²) in [6, 6.07) is 17.4. The van der Waals surface area contributed by atoms with Gasteiger partial charge < -0.3 is 10.1 Å². The number of nitrogens with one attached hydrogen (secondary N) is 1. The Balaban J connectivity index is 1.89. The molecule has 0 amide bonds. The van der Waals surface area contributed by atoms with Crippen LogP contribution in [0.1, 0.15) is 17.2 Å². The van der Waals surface area contributed by atoms with Gasteiger partial charge in [0, 0.05) is 10.7 Å². The molecular weight excluding hydrogens is 278 g/mol. The summed E-state index contributed by atoms with van der Waals surface area (Å²) in [7, 11) is 3.73. The van der Waals surface area contributed by atoms with Crippen LogP contribution in [0, 0.1) is 0 Å². The summed E-state index contributed by atoms with van der Waals surface area (Å²) in [5.74, 6) is 0.903. The minimum absolute atomic E-state index is 0.320. The molecule has 2 aromatic carbocycles. The first-order valence-electron chi connectivity index (χ1n) is 7.08. The Morgan fingerprint density at radius 2 is 1.90 bits per heavy atom. The highest BCUT2D eigenvalue weighted by molar-refractivity contribution is 7.17. The van der Waals surface area contributed by atoms with Crippen molar-refractivity contribution in [3.05, 3.63) is 65.0 Å². The number of hydrogen-bond acceptors (Lipinski definition) is 3. The molecule has 3 heteroatoms. The van der Waals surface area contributed by atoms with Crippen LogP contribution in [-0.2, 0) is 6.42 Å². The van der Waals surface area contributed by atoms with E-state index < -0.39 is 0 Å². The number of fused-ring (bicyclic) bond motifs is 1. The number of thiophene rings is 1. The second kappa shape index (κ2) is 6.29. The Labute approximate surface area is 129 Å². The van der Waals surface area contributed by atoms with Crippen molar-refractivity contribution in [3.8, 4) is 5.75 Å². The van der Waals surface area contributed by atoms with Gasteiger partial charge in [0.2, 0.25) is 0 Å². The van der Waals surface area contributed by atoms with Crippen molar-refractivity contribution in [2.75, 3.05) is 14.2 Å². The van der Waals surface area contributed by atoms with Crippen LogP contribution in [0.2, 0.25) is 0 Å². The third-order valence-electron chi connectivity index (χ3n) is 3.83. The lowest BCUT2D eigenvalue weighted by Gasteiger charge is -2.18. The van der Waals surface area contributed by atoms with Crippen LogP contribution in [0.25, 0.3) is 10.1 Å². The lowest BCUT2D eigenvalue weighted by Crippen LogP contribution is -2.18. The van der Waals surface area contributed by atoms with Gasteiger partial charge in [0.05, 0.1) is 7.11 Å². The van der Waals surface area contributed by atoms with E-state index >= 15 is 0 Å². The van der Waals surface area contributed by atoms with Crippen LogP contribution < -0.4 is 10.1 Å². The normalized spacial score (nSPS) is 12.5. The first kappa shape index (κ1) is 14.1. The number of hydrogen-bond donors (Lipinski definition) is 1. The summed E-state index contributed by atoms with van der Waals surface area (Å²) in [4.78, 5) is 0. The van der Waals surface area contributed by atoms with Crippen molar-refractivity contribution in [3.63, 3.8) is 0 Å². The monoisotopic (exact) mass is 297 g/mol. The lowest BCUT2D eigenvalue weighted by molar-refractivity contribution is 0.414. The number of likely N-dealkylation sites (N-methyl/N-ethyl adjacent to an activating group) is 1. The van der Waals surface area contributed by atoms with Gasteiger partial charge in [-0.3, -0.25) is 0 Å². The summed E-state index contributed by atoms with van der Waals surface area (Å²) >= 11 is 1.81. The molecule has 0 aliphatic heterocycles. The second-order valence-electron chi connectivity index (χ2n) is 5.08. The lowest BCUT2D eigenvalue weighted by atomic mass is 9.98. The van der Waals surface area contributed by atoms with Crippen molar-refractivity contribution >= 4 is 21.4 Å². The van der Waals surface area contributed by atoms with E-state index in [2.05, 4.69) is 47.1 Å². The topological polar surface area (TPSA) is 21.3 Å². The molecule has 0 bridgehead atoms. The summed E-state index contributed by atoms with van der Waals surface area (Å²) in [6.45, 7) is 0. The summed E-state index contributed by atoms with van der Waals surface area (Å²) < 4.78 is 6.60. The van der Waals surface area contributed by atoms with E-state index in [0.29, 0.717) is 6.04 Å². The standard InChI is InChI=1S/C18H19NOS/c1-19-17(12-13-6-8-15(20-2)9-7-13)16-5-3-4-14-10-11-21-18(14)16/h3-11,17,19H,12H2,1-2H3. The molecule has 0 saturated carbocycles.